The standard InChI is InChI=1S/C27H34N4O7/c1-17(2)29-24(32)16-30-21-14-23(38-5)22(37-4)13-20(21)26(34)31(27(30)35)15-18-7-9-19(10-8-18)25(33)28-11-6-12-36-3/h7-10,13-14,17H,6,11-12,15-16H2,1-5H3,(H,28,33)(H,29,32). The van der Waals surface area contributed by atoms with Crippen molar-refractivity contribution in [2.24, 2.45) is 0 Å². The molecule has 3 aromatic rings. The molecule has 2 aromatic carbocycles. The van der Waals surface area contributed by atoms with E-state index in [4.69, 9.17) is 14.2 Å². The maximum Gasteiger partial charge on any atom is 0.332 e. The van der Waals surface area contributed by atoms with E-state index in [-0.39, 0.29) is 41.8 Å². The first-order chi connectivity index (χ1) is 18.2. The molecule has 0 spiro atoms. The van der Waals surface area contributed by atoms with Gasteiger partial charge in [0.15, 0.2) is 11.5 Å². The number of carbonyl (C=O) groups excluding carboxylic acids is 2. The number of methoxy groups -OCH3 is 3. The fourth-order valence-corrected chi connectivity index (χ4v) is 4.01. The first-order valence-electron chi connectivity index (χ1n) is 12.2. The first-order valence-corrected chi connectivity index (χ1v) is 12.2. The van der Waals surface area contributed by atoms with Gasteiger partial charge in [-0.15, -0.1) is 0 Å². The summed E-state index contributed by atoms with van der Waals surface area (Å²) in [6.45, 7) is 4.33. The summed E-state index contributed by atoms with van der Waals surface area (Å²) >= 11 is 0. The lowest BCUT2D eigenvalue weighted by Crippen LogP contribution is -2.43. The molecule has 3 rings (SSSR count). The van der Waals surface area contributed by atoms with Gasteiger partial charge in [0.25, 0.3) is 11.5 Å². The zero-order chi connectivity index (χ0) is 27.8. The van der Waals surface area contributed by atoms with E-state index >= 15 is 0 Å². The van der Waals surface area contributed by atoms with Crippen LogP contribution in [0.5, 0.6) is 11.5 Å². The summed E-state index contributed by atoms with van der Waals surface area (Å²) in [4.78, 5) is 51.9. The lowest BCUT2D eigenvalue weighted by atomic mass is 10.1. The zero-order valence-electron chi connectivity index (χ0n) is 22.3. The Balaban J connectivity index is 2.01. The summed E-state index contributed by atoms with van der Waals surface area (Å²) in [5.41, 5.74) is 0.170. The summed E-state index contributed by atoms with van der Waals surface area (Å²) in [5, 5.41) is 5.78. The maximum absolute atomic E-state index is 13.5. The van der Waals surface area contributed by atoms with Crippen molar-refractivity contribution in [2.45, 2.75) is 39.4 Å². The summed E-state index contributed by atoms with van der Waals surface area (Å²) < 4.78 is 18.0. The van der Waals surface area contributed by atoms with Crippen LogP contribution in [-0.2, 0) is 22.6 Å². The van der Waals surface area contributed by atoms with Crippen LogP contribution < -0.4 is 31.4 Å². The highest BCUT2D eigenvalue weighted by Crippen LogP contribution is 2.30. The van der Waals surface area contributed by atoms with Crippen molar-refractivity contribution in [1.29, 1.82) is 0 Å². The number of amides is 2. The number of fused-ring (bicyclic) bond motifs is 1. The minimum Gasteiger partial charge on any atom is -0.493 e. The molecule has 11 nitrogen and oxygen atoms in total. The molecule has 0 aliphatic rings. The minimum atomic E-state index is -0.645. The van der Waals surface area contributed by atoms with E-state index < -0.39 is 11.2 Å². The van der Waals surface area contributed by atoms with Crippen LogP contribution in [0.2, 0.25) is 0 Å². The molecular weight excluding hydrogens is 492 g/mol. The van der Waals surface area contributed by atoms with Gasteiger partial charge in [-0.3, -0.25) is 23.5 Å². The second kappa shape index (κ2) is 12.9. The van der Waals surface area contributed by atoms with Crippen molar-refractivity contribution in [3.8, 4) is 11.5 Å². The molecule has 0 bridgehead atoms. The van der Waals surface area contributed by atoms with Crippen molar-refractivity contribution in [2.75, 3.05) is 34.5 Å². The predicted octanol–water partition coefficient (Wildman–Crippen LogP) is 1.52. The molecular formula is C27H34N4O7. The molecule has 1 heterocycles. The molecule has 11 heteroatoms. The van der Waals surface area contributed by atoms with Crippen LogP contribution >= 0.6 is 0 Å². The lowest BCUT2D eigenvalue weighted by molar-refractivity contribution is -0.122. The quantitative estimate of drug-likeness (QED) is 0.342. The maximum atomic E-state index is 13.5. The Morgan fingerprint density at radius 1 is 0.947 bits per heavy atom. The Bertz CT molecular complexity index is 1410. The zero-order valence-corrected chi connectivity index (χ0v) is 22.3. The molecule has 0 saturated carbocycles. The fourth-order valence-electron chi connectivity index (χ4n) is 4.01. The van der Waals surface area contributed by atoms with Crippen LogP contribution in [0.25, 0.3) is 10.9 Å². The molecule has 0 atom stereocenters. The molecule has 0 aliphatic heterocycles. The molecule has 204 valence electrons. The van der Waals surface area contributed by atoms with E-state index in [1.807, 2.05) is 13.8 Å². The van der Waals surface area contributed by atoms with Crippen molar-refractivity contribution in [1.82, 2.24) is 19.8 Å². The number of ether oxygens (including phenoxy) is 3. The monoisotopic (exact) mass is 526 g/mol. The van der Waals surface area contributed by atoms with Gasteiger partial charge in [0.1, 0.15) is 6.54 Å². The summed E-state index contributed by atoms with van der Waals surface area (Å²) in [5.74, 6) is 0.0475. The number of benzene rings is 2. The van der Waals surface area contributed by atoms with E-state index in [1.54, 1.807) is 31.4 Å². The largest absolute Gasteiger partial charge is 0.493 e. The Labute approximate surface area is 220 Å². The van der Waals surface area contributed by atoms with E-state index in [1.165, 1.54) is 30.9 Å². The second-order valence-electron chi connectivity index (χ2n) is 9.01. The number of nitrogens with one attached hydrogen (secondary N) is 2. The Kier molecular flexibility index (Phi) is 9.66. The predicted molar refractivity (Wildman–Crippen MR) is 143 cm³/mol. The highest BCUT2D eigenvalue weighted by atomic mass is 16.5. The van der Waals surface area contributed by atoms with Crippen LogP contribution in [0.15, 0.2) is 46.0 Å². The summed E-state index contributed by atoms with van der Waals surface area (Å²) in [6.07, 6.45) is 0.698. The molecule has 0 unspecified atom stereocenters. The van der Waals surface area contributed by atoms with E-state index in [2.05, 4.69) is 10.6 Å². The van der Waals surface area contributed by atoms with Crippen molar-refractivity contribution >= 4 is 22.7 Å². The van der Waals surface area contributed by atoms with Gasteiger partial charge in [-0.25, -0.2) is 4.79 Å². The van der Waals surface area contributed by atoms with Gasteiger partial charge in [0.2, 0.25) is 5.91 Å². The third kappa shape index (κ3) is 6.60. The van der Waals surface area contributed by atoms with Gasteiger partial charge >= 0.3 is 5.69 Å². The molecule has 2 amide bonds. The average Bonchev–Trinajstić information content (AvgIpc) is 2.90. The van der Waals surface area contributed by atoms with Crippen LogP contribution in [-0.4, -0.2) is 61.5 Å². The summed E-state index contributed by atoms with van der Waals surface area (Å²) in [7, 11) is 4.50. The topological polar surface area (TPSA) is 130 Å². The SMILES string of the molecule is COCCCNC(=O)c1ccc(Cn2c(=O)c3cc(OC)c(OC)cc3n(CC(=O)NC(C)C)c2=O)cc1. The first kappa shape index (κ1) is 28.5. The van der Waals surface area contributed by atoms with Gasteiger partial charge in [-0.05, 0) is 44.0 Å². The third-order valence-corrected chi connectivity index (χ3v) is 5.85. The Hall–Kier alpha value is -4.12. The normalized spacial score (nSPS) is 11.0. The number of carbonyl (C=O) groups is 2. The van der Waals surface area contributed by atoms with E-state index in [0.29, 0.717) is 42.2 Å². The van der Waals surface area contributed by atoms with Gasteiger partial charge in [0, 0.05) is 37.9 Å². The highest BCUT2D eigenvalue weighted by molar-refractivity contribution is 5.94. The number of hydrogen-bond acceptors (Lipinski definition) is 7. The van der Waals surface area contributed by atoms with Crippen molar-refractivity contribution in [3.05, 3.63) is 68.4 Å². The second-order valence-corrected chi connectivity index (χ2v) is 9.01. The summed E-state index contributed by atoms with van der Waals surface area (Å²) in [6, 6.07) is 9.53. The number of nitrogens with zero attached hydrogens (tertiary/aromatic N) is 2. The van der Waals surface area contributed by atoms with Crippen LogP contribution in [0.4, 0.5) is 0 Å². The van der Waals surface area contributed by atoms with Gasteiger partial charge < -0.3 is 24.8 Å². The van der Waals surface area contributed by atoms with Crippen molar-refractivity contribution in [3.63, 3.8) is 0 Å². The molecule has 0 aliphatic carbocycles. The smallest absolute Gasteiger partial charge is 0.332 e. The van der Waals surface area contributed by atoms with E-state index in [0.717, 1.165) is 4.57 Å². The van der Waals surface area contributed by atoms with Crippen LogP contribution in [0.3, 0.4) is 0 Å². The third-order valence-electron chi connectivity index (χ3n) is 5.85. The molecule has 1 aromatic heterocycles. The van der Waals surface area contributed by atoms with Gasteiger partial charge in [-0.2, -0.15) is 0 Å². The number of rotatable bonds is 12. The Morgan fingerprint density at radius 3 is 2.21 bits per heavy atom. The Morgan fingerprint density at radius 2 is 1.61 bits per heavy atom. The minimum absolute atomic E-state index is 0.0521. The van der Waals surface area contributed by atoms with Crippen molar-refractivity contribution < 1.29 is 23.8 Å². The highest BCUT2D eigenvalue weighted by Gasteiger charge is 2.19. The number of aromatic nitrogens is 2. The van der Waals surface area contributed by atoms with Crippen LogP contribution in [0, 0.1) is 0 Å². The average molecular weight is 527 g/mol. The molecule has 0 radical (unpaired) electrons. The van der Waals surface area contributed by atoms with E-state index in [9.17, 15) is 19.2 Å². The molecule has 0 fully saturated rings. The van der Waals surface area contributed by atoms with Crippen LogP contribution in [0.1, 0.15) is 36.2 Å². The van der Waals surface area contributed by atoms with Gasteiger partial charge in [0.05, 0.1) is 31.7 Å². The molecule has 2 N–H and O–H groups in total. The fraction of sp³-hybridized carbons (Fsp3) is 0.407. The lowest BCUT2D eigenvalue weighted by Gasteiger charge is -2.17. The number of hydrogen-bond donors (Lipinski definition) is 2. The molecule has 38 heavy (non-hydrogen) atoms. The van der Waals surface area contributed by atoms with Gasteiger partial charge in [-0.1, -0.05) is 12.1 Å². The molecule has 0 saturated heterocycles.